The van der Waals surface area contributed by atoms with Crippen molar-refractivity contribution in [3.05, 3.63) is 23.8 Å². The molecule has 0 amide bonds. The summed E-state index contributed by atoms with van der Waals surface area (Å²) in [5, 5.41) is 0. The van der Waals surface area contributed by atoms with Gasteiger partial charge >= 0.3 is 0 Å². The number of hydrogen-bond acceptors (Lipinski definition) is 2. The predicted octanol–water partition coefficient (Wildman–Crippen LogP) is 1.91. The Labute approximate surface area is 89.0 Å². The first-order valence-electron chi connectivity index (χ1n) is 5.50. The summed E-state index contributed by atoms with van der Waals surface area (Å²) < 4.78 is 0. The minimum absolute atomic E-state index is 0.0799. The fourth-order valence-electron chi connectivity index (χ4n) is 3.70. The first kappa shape index (κ1) is 9.08. The van der Waals surface area contributed by atoms with Gasteiger partial charge in [-0.1, -0.05) is 19.1 Å². The summed E-state index contributed by atoms with van der Waals surface area (Å²) in [6.07, 6.45) is 6.78. The molecule has 0 spiro atoms. The summed E-state index contributed by atoms with van der Waals surface area (Å²) >= 11 is 0. The maximum Gasteiger partial charge on any atom is 0.165 e. The average Bonchev–Trinajstić information content (AvgIpc) is 2.73. The van der Waals surface area contributed by atoms with E-state index in [-0.39, 0.29) is 23.4 Å². The molecule has 0 aromatic heterocycles. The molecular formula is C13H14O2. The van der Waals surface area contributed by atoms with Crippen molar-refractivity contribution < 1.29 is 9.59 Å². The van der Waals surface area contributed by atoms with Crippen LogP contribution in [0.25, 0.3) is 0 Å². The van der Waals surface area contributed by atoms with Crippen LogP contribution >= 0.6 is 0 Å². The molecule has 0 radical (unpaired) electrons. The molecular weight excluding hydrogens is 188 g/mol. The SMILES string of the molecule is CC1=CC(=O)[C@H]2[C@H]3C=C[C@H](C3)[C@@]2(C)C1=O. The van der Waals surface area contributed by atoms with Gasteiger partial charge in [-0.05, 0) is 36.8 Å². The zero-order chi connectivity index (χ0) is 10.8. The van der Waals surface area contributed by atoms with E-state index in [1.165, 1.54) is 0 Å². The van der Waals surface area contributed by atoms with Crippen LogP contribution in [0.5, 0.6) is 0 Å². The highest BCUT2D eigenvalue weighted by atomic mass is 16.1. The van der Waals surface area contributed by atoms with Gasteiger partial charge in [0.15, 0.2) is 11.6 Å². The fraction of sp³-hybridized carbons (Fsp3) is 0.538. The number of carbonyl (C=O) groups is 2. The fourth-order valence-corrected chi connectivity index (χ4v) is 3.70. The lowest BCUT2D eigenvalue weighted by molar-refractivity contribution is -0.136. The molecule has 0 unspecified atom stereocenters. The number of carbonyl (C=O) groups excluding carboxylic acids is 2. The second-order valence-corrected chi connectivity index (χ2v) is 5.21. The van der Waals surface area contributed by atoms with Crippen LogP contribution in [0.4, 0.5) is 0 Å². The topological polar surface area (TPSA) is 34.1 Å². The third-order valence-corrected chi connectivity index (χ3v) is 4.47. The second-order valence-electron chi connectivity index (χ2n) is 5.21. The maximum absolute atomic E-state index is 12.2. The smallest absolute Gasteiger partial charge is 0.165 e. The van der Waals surface area contributed by atoms with E-state index in [1.54, 1.807) is 13.0 Å². The summed E-state index contributed by atoms with van der Waals surface area (Å²) in [7, 11) is 0. The molecule has 2 bridgehead atoms. The molecule has 15 heavy (non-hydrogen) atoms. The molecule has 0 N–H and O–H groups in total. The summed E-state index contributed by atoms with van der Waals surface area (Å²) in [6, 6.07) is 0. The lowest BCUT2D eigenvalue weighted by Crippen LogP contribution is -2.46. The predicted molar refractivity (Wildman–Crippen MR) is 56.1 cm³/mol. The van der Waals surface area contributed by atoms with Crippen LogP contribution in [0.3, 0.4) is 0 Å². The molecule has 1 saturated carbocycles. The lowest BCUT2D eigenvalue weighted by Gasteiger charge is -2.39. The van der Waals surface area contributed by atoms with Gasteiger partial charge in [-0.15, -0.1) is 0 Å². The Hall–Kier alpha value is -1.18. The van der Waals surface area contributed by atoms with Crippen molar-refractivity contribution in [3.63, 3.8) is 0 Å². The van der Waals surface area contributed by atoms with Gasteiger partial charge in [0.2, 0.25) is 0 Å². The van der Waals surface area contributed by atoms with Crippen molar-refractivity contribution in [2.24, 2.45) is 23.2 Å². The summed E-state index contributed by atoms with van der Waals surface area (Å²) in [6.45, 7) is 3.74. The van der Waals surface area contributed by atoms with Crippen molar-refractivity contribution in [1.29, 1.82) is 0 Å². The lowest BCUT2D eigenvalue weighted by atomic mass is 9.61. The largest absolute Gasteiger partial charge is 0.294 e. The molecule has 0 saturated heterocycles. The average molecular weight is 202 g/mol. The van der Waals surface area contributed by atoms with E-state index >= 15 is 0 Å². The summed E-state index contributed by atoms with van der Waals surface area (Å²) in [5.41, 5.74) is 0.203. The Morgan fingerprint density at radius 1 is 1.33 bits per heavy atom. The van der Waals surface area contributed by atoms with Crippen LogP contribution < -0.4 is 0 Å². The molecule has 0 aromatic carbocycles. The molecule has 2 heteroatoms. The number of Topliss-reactive ketones (excluding diaryl/α,β-unsaturated/α-hetero) is 1. The van der Waals surface area contributed by atoms with E-state index in [0.29, 0.717) is 11.5 Å². The highest BCUT2D eigenvalue weighted by Crippen LogP contribution is 2.58. The highest BCUT2D eigenvalue weighted by Gasteiger charge is 2.60. The van der Waals surface area contributed by atoms with Crippen molar-refractivity contribution in [3.8, 4) is 0 Å². The zero-order valence-electron chi connectivity index (χ0n) is 8.99. The Kier molecular flexibility index (Phi) is 1.51. The molecule has 3 aliphatic rings. The summed E-state index contributed by atoms with van der Waals surface area (Å²) in [5.74, 6) is 0.854. The zero-order valence-corrected chi connectivity index (χ0v) is 8.99. The Balaban J connectivity index is 2.19. The van der Waals surface area contributed by atoms with E-state index in [9.17, 15) is 9.59 Å². The standard InChI is InChI=1S/C13H14O2/c1-7-5-10(14)11-8-3-4-9(6-8)13(11,2)12(7)15/h3-5,8-9,11H,6H2,1-2H3/t8-,9+,11+,13+/m0/s1. The molecule has 78 valence electrons. The van der Waals surface area contributed by atoms with Crippen LogP contribution in [0.1, 0.15) is 20.3 Å². The van der Waals surface area contributed by atoms with Gasteiger partial charge in [0.05, 0.1) is 0 Å². The number of hydrogen-bond donors (Lipinski definition) is 0. The molecule has 3 rings (SSSR count). The van der Waals surface area contributed by atoms with E-state index < -0.39 is 5.41 Å². The Bertz CT molecular complexity index is 430. The van der Waals surface area contributed by atoms with E-state index in [1.807, 2.05) is 6.92 Å². The molecule has 0 aliphatic heterocycles. The van der Waals surface area contributed by atoms with Gasteiger partial charge in [-0.2, -0.15) is 0 Å². The molecule has 1 fully saturated rings. The second kappa shape index (κ2) is 2.49. The van der Waals surface area contributed by atoms with E-state index in [4.69, 9.17) is 0 Å². The van der Waals surface area contributed by atoms with Crippen molar-refractivity contribution in [1.82, 2.24) is 0 Å². The van der Waals surface area contributed by atoms with Crippen molar-refractivity contribution in [2.75, 3.05) is 0 Å². The van der Waals surface area contributed by atoms with Crippen LogP contribution in [0.15, 0.2) is 23.8 Å². The minimum Gasteiger partial charge on any atom is -0.294 e. The number of allylic oxidation sites excluding steroid dienone is 4. The van der Waals surface area contributed by atoms with Gasteiger partial charge in [0.1, 0.15) is 0 Å². The molecule has 3 aliphatic carbocycles. The number of rotatable bonds is 0. The first-order valence-corrected chi connectivity index (χ1v) is 5.50. The molecule has 0 aromatic rings. The van der Waals surface area contributed by atoms with Gasteiger partial charge in [-0.3, -0.25) is 9.59 Å². The normalized spacial score (nSPS) is 47.1. The highest BCUT2D eigenvalue weighted by molar-refractivity contribution is 6.13. The quantitative estimate of drug-likeness (QED) is 0.562. The molecule has 2 nitrogen and oxygen atoms in total. The summed E-state index contributed by atoms with van der Waals surface area (Å²) in [4.78, 5) is 24.2. The van der Waals surface area contributed by atoms with Crippen LogP contribution in [-0.2, 0) is 9.59 Å². The first-order chi connectivity index (χ1) is 7.05. The van der Waals surface area contributed by atoms with Gasteiger partial charge in [0, 0.05) is 11.3 Å². The van der Waals surface area contributed by atoms with Gasteiger partial charge in [-0.25, -0.2) is 0 Å². The van der Waals surface area contributed by atoms with Crippen LogP contribution in [0, 0.1) is 23.2 Å². The number of ketones is 2. The van der Waals surface area contributed by atoms with Gasteiger partial charge < -0.3 is 0 Å². The Morgan fingerprint density at radius 2 is 2.07 bits per heavy atom. The van der Waals surface area contributed by atoms with E-state index in [2.05, 4.69) is 12.2 Å². The minimum atomic E-state index is -0.435. The van der Waals surface area contributed by atoms with Crippen molar-refractivity contribution >= 4 is 11.6 Å². The third kappa shape index (κ3) is 0.858. The van der Waals surface area contributed by atoms with Crippen molar-refractivity contribution in [2.45, 2.75) is 20.3 Å². The van der Waals surface area contributed by atoms with Gasteiger partial charge in [0.25, 0.3) is 0 Å². The van der Waals surface area contributed by atoms with Crippen LogP contribution in [0.2, 0.25) is 0 Å². The molecule has 0 heterocycles. The maximum atomic E-state index is 12.2. The third-order valence-electron chi connectivity index (χ3n) is 4.47. The van der Waals surface area contributed by atoms with Crippen LogP contribution in [-0.4, -0.2) is 11.6 Å². The van der Waals surface area contributed by atoms with E-state index in [0.717, 1.165) is 6.42 Å². The number of fused-ring (bicyclic) bond motifs is 5. The monoisotopic (exact) mass is 202 g/mol. The Morgan fingerprint density at radius 3 is 2.80 bits per heavy atom. The molecule has 4 atom stereocenters.